The molecule has 4 rings (SSSR count). The maximum atomic E-state index is 13.9. The summed E-state index contributed by atoms with van der Waals surface area (Å²) in [6.45, 7) is 0. The number of aromatic nitrogens is 3. The highest BCUT2D eigenvalue weighted by atomic mass is 35.5. The maximum Gasteiger partial charge on any atom is 0.307 e. The van der Waals surface area contributed by atoms with E-state index in [9.17, 15) is 14.5 Å². The molecule has 0 saturated carbocycles. The van der Waals surface area contributed by atoms with Crippen molar-refractivity contribution in [2.24, 2.45) is 7.05 Å². The van der Waals surface area contributed by atoms with Crippen LogP contribution in [0.15, 0.2) is 48.8 Å². The highest BCUT2D eigenvalue weighted by Gasteiger charge is 2.20. The molecular weight excluding hydrogens is 413 g/mol. The summed E-state index contributed by atoms with van der Waals surface area (Å²) in [5, 5.41) is 15.5. The van der Waals surface area contributed by atoms with E-state index >= 15 is 0 Å². The Hall–Kier alpha value is -3.72. The van der Waals surface area contributed by atoms with Gasteiger partial charge in [-0.25, -0.2) is 9.97 Å². The van der Waals surface area contributed by atoms with E-state index < -0.39 is 16.4 Å². The number of hydrogen-bond donors (Lipinski definition) is 1. The number of methoxy groups -OCH3 is 1. The standard InChI is InChI=1S/C20H15ClFN5O3/c1-26-10-13(12-4-3-11(21)7-17(12)26)15-5-6-23-20(24-15)25-16-9-18(27(28)29)14(22)8-19(16)30-2/h3-10H,1-2H3,(H,23,24,25). The molecule has 2 heterocycles. The zero-order valence-electron chi connectivity index (χ0n) is 15.9. The molecule has 0 saturated heterocycles. The first-order chi connectivity index (χ1) is 14.4. The summed E-state index contributed by atoms with van der Waals surface area (Å²) in [7, 11) is 3.25. The van der Waals surface area contributed by atoms with Crippen molar-refractivity contribution >= 4 is 39.8 Å². The lowest BCUT2D eigenvalue weighted by atomic mass is 10.1. The van der Waals surface area contributed by atoms with Gasteiger partial charge in [0.2, 0.25) is 11.8 Å². The van der Waals surface area contributed by atoms with E-state index in [1.54, 1.807) is 18.3 Å². The Labute approximate surface area is 175 Å². The highest BCUT2D eigenvalue weighted by Crippen LogP contribution is 2.34. The number of benzene rings is 2. The van der Waals surface area contributed by atoms with Gasteiger partial charge in [-0.1, -0.05) is 17.7 Å². The molecule has 0 bridgehead atoms. The fourth-order valence-corrected chi connectivity index (χ4v) is 3.37. The van der Waals surface area contributed by atoms with Crippen molar-refractivity contribution < 1.29 is 14.1 Å². The van der Waals surface area contributed by atoms with E-state index in [0.717, 1.165) is 28.6 Å². The molecule has 10 heteroatoms. The summed E-state index contributed by atoms with van der Waals surface area (Å²) in [4.78, 5) is 18.9. The molecule has 30 heavy (non-hydrogen) atoms. The lowest BCUT2D eigenvalue weighted by Crippen LogP contribution is -2.02. The van der Waals surface area contributed by atoms with Crippen LogP contribution in [-0.4, -0.2) is 26.6 Å². The van der Waals surface area contributed by atoms with E-state index in [4.69, 9.17) is 16.3 Å². The molecule has 0 amide bonds. The third kappa shape index (κ3) is 3.50. The summed E-state index contributed by atoms with van der Waals surface area (Å²) in [5.74, 6) is -0.726. The van der Waals surface area contributed by atoms with Crippen LogP contribution in [0.2, 0.25) is 5.02 Å². The molecule has 0 aliphatic carbocycles. The van der Waals surface area contributed by atoms with Gasteiger partial charge >= 0.3 is 5.69 Å². The normalized spacial score (nSPS) is 10.9. The van der Waals surface area contributed by atoms with Crippen LogP contribution in [-0.2, 0) is 7.05 Å². The molecule has 0 unspecified atom stereocenters. The first-order valence-electron chi connectivity index (χ1n) is 8.74. The smallest absolute Gasteiger partial charge is 0.307 e. The molecule has 1 N–H and O–H groups in total. The van der Waals surface area contributed by atoms with Crippen molar-refractivity contribution in [3.05, 3.63) is 69.7 Å². The van der Waals surface area contributed by atoms with Gasteiger partial charge in [-0.3, -0.25) is 10.1 Å². The van der Waals surface area contributed by atoms with Crippen molar-refractivity contribution in [2.45, 2.75) is 0 Å². The number of nitro benzene ring substituents is 1. The minimum Gasteiger partial charge on any atom is -0.494 e. The number of ether oxygens (including phenoxy) is 1. The Bertz CT molecular complexity index is 1290. The van der Waals surface area contributed by atoms with Gasteiger partial charge < -0.3 is 14.6 Å². The van der Waals surface area contributed by atoms with Gasteiger partial charge in [0.25, 0.3) is 0 Å². The Morgan fingerprint density at radius 3 is 2.80 bits per heavy atom. The first kappa shape index (κ1) is 19.6. The molecule has 2 aromatic heterocycles. The molecule has 0 radical (unpaired) electrons. The van der Waals surface area contributed by atoms with E-state index in [1.165, 1.54) is 7.11 Å². The number of halogens is 2. The number of rotatable bonds is 5. The predicted molar refractivity (Wildman–Crippen MR) is 112 cm³/mol. The van der Waals surface area contributed by atoms with Gasteiger partial charge in [0.15, 0.2) is 0 Å². The van der Waals surface area contributed by atoms with E-state index in [1.807, 2.05) is 29.9 Å². The quantitative estimate of drug-likeness (QED) is 0.352. The van der Waals surface area contributed by atoms with E-state index in [0.29, 0.717) is 10.7 Å². The van der Waals surface area contributed by atoms with Gasteiger partial charge in [-0.2, -0.15) is 4.39 Å². The maximum absolute atomic E-state index is 13.9. The minimum absolute atomic E-state index is 0.0897. The second-order valence-electron chi connectivity index (χ2n) is 6.47. The molecule has 0 spiro atoms. The Morgan fingerprint density at radius 1 is 1.27 bits per heavy atom. The lowest BCUT2D eigenvalue weighted by Gasteiger charge is -2.11. The second-order valence-corrected chi connectivity index (χ2v) is 6.90. The molecule has 152 valence electrons. The van der Waals surface area contributed by atoms with Gasteiger partial charge in [-0.05, 0) is 18.2 Å². The van der Waals surface area contributed by atoms with E-state index in [2.05, 4.69) is 15.3 Å². The number of hydrogen-bond acceptors (Lipinski definition) is 6. The van der Waals surface area contributed by atoms with Crippen molar-refractivity contribution in [3.63, 3.8) is 0 Å². The third-order valence-electron chi connectivity index (χ3n) is 4.60. The molecular formula is C20H15ClFN5O3. The third-order valence-corrected chi connectivity index (χ3v) is 4.83. The van der Waals surface area contributed by atoms with Crippen LogP contribution in [0, 0.1) is 15.9 Å². The fraction of sp³-hybridized carbons (Fsp3) is 0.100. The lowest BCUT2D eigenvalue weighted by molar-refractivity contribution is -0.387. The van der Waals surface area contributed by atoms with Crippen molar-refractivity contribution in [1.29, 1.82) is 0 Å². The van der Waals surface area contributed by atoms with Gasteiger partial charge in [0.1, 0.15) is 5.75 Å². The first-order valence-corrected chi connectivity index (χ1v) is 9.12. The van der Waals surface area contributed by atoms with Crippen molar-refractivity contribution in [2.75, 3.05) is 12.4 Å². The monoisotopic (exact) mass is 427 g/mol. The van der Waals surface area contributed by atoms with Crippen LogP contribution in [0.1, 0.15) is 0 Å². The summed E-state index contributed by atoms with van der Waals surface area (Å²) in [6.07, 6.45) is 3.49. The summed E-state index contributed by atoms with van der Waals surface area (Å²) >= 11 is 6.10. The SMILES string of the molecule is COc1cc(F)c([N+](=O)[O-])cc1Nc1nccc(-c2cn(C)c3cc(Cl)ccc23)n1. The molecule has 0 atom stereocenters. The number of fused-ring (bicyclic) bond motifs is 1. The largest absolute Gasteiger partial charge is 0.494 e. The van der Waals surface area contributed by atoms with Gasteiger partial charge in [0, 0.05) is 53.1 Å². The molecule has 0 aliphatic rings. The second kappa shape index (κ2) is 7.60. The van der Waals surface area contributed by atoms with Gasteiger partial charge in [0.05, 0.1) is 23.4 Å². The molecule has 4 aromatic rings. The topological polar surface area (TPSA) is 95.1 Å². The van der Waals surface area contributed by atoms with Crippen LogP contribution in [0.25, 0.3) is 22.2 Å². The number of nitrogens with one attached hydrogen (secondary N) is 1. The van der Waals surface area contributed by atoms with Crippen LogP contribution in [0.5, 0.6) is 5.75 Å². The number of aryl methyl sites for hydroxylation is 1. The van der Waals surface area contributed by atoms with E-state index in [-0.39, 0.29) is 17.4 Å². The minimum atomic E-state index is -0.994. The van der Waals surface area contributed by atoms with Crippen LogP contribution < -0.4 is 10.1 Å². The average Bonchev–Trinajstić information content (AvgIpc) is 3.05. The summed E-state index contributed by atoms with van der Waals surface area (Å²) in [5.41, 5.74) is 1.94. The predicted octanol–water partition coefficient (Wildman–Crippen LogP) is 5.09. The Morgan fingerprint density at radius 2 is 2.07 bits per heavy atom. The zero-order chi connectivity index (χ0) is 21.4. The van der Waals surface area contributed by atoms with Crippen LogP contribution >= 0.6 is 11.6 Å². The summed E-state index contributed by atoms with van der Waals surface area (Å²) in [6, 6.07) is 9.32. The Balaban J connectivity index is 1.76. The van der Waals surface area contributed by atoms with Crippen molar-refractivity contribution in [3.8, 4) is 17.0 Å². The molecule has 0 aliphatic heterocycles. The number of nitrogens with zero attached hydrogens (tertiary/aromatic N) is 4. The number of anilines is 2. The summed E-state index contributed by atoms with van der Waals surface area (Å²) < 4.78 is 20.9. The van der Waals surface area contributed by atoms with Gasteiger partial charge in [-0.15, -0.1) is 0 Å². The van der Waals surface area contributed by atoms with Crippen LogP contribution in [0.4, 0.5) is 21.7 Å². The van der Waals surface area contributed by atoms with Crippen molar-refractivity contribution in [1.82, 2.24) is 14.5 Å². The molecule has 0 fully saturated rings. The molecule has 8 nitrogen and oxygen atoms in total. The highest BCUT2D eigenvalue weighted by molar-refractivity contribution is 6.31. The molecule has 2 aromatic carbocycles. The Kier molecular flexibility index (Phi) is 4.96. The van der Waals surface area contributed by atoms with Crippen LogP contribution in [0.3, 0.4) is 0 Å². The fourth-order valence-electron chi connectivity index (χ4n) is 3.20. The average molecular weight is 428 g/mol. The number of nitro groups is 1. The zero-order valence-corrected chi connectivity index (χ0v) is 16.6.